The van der Waals surface area contributed by atoms with Gasteiger partial charge in [-0.2, -0.15) is 0 Å². The zero-order chi connectivity index (χ0) is 14.2. The van der Waals surface area contributed by atoms with Gasteiger partial charge in [-0.15, -0.1) is 0 Å². The molecule has 1 aromatic heterocycles. The van der Waals surface area contributed by atoms with Gasteiger partial charge < -0.3 is 14.5 Å². The number of rotatable bonds is 8. The Morgan fingerprint density at radius 3 is 2.70 bits per heavy atom. The van der Waals surface area contributed by atoms with Crippen LogP contribution in [-0.4, -0.2) is 18.1 Å². The first-order valence-corrected chi connectivity index (χ1v) is 6.37. The van der Waals surface area contributed by atoms with Gasteiger partial charge in [0.1, 0.15) is 16.4 Å². The average molecular weight is 276 g/mol. The van der Waals surface area contributed by atoms with Gasteiger partial charge in [-0.25, -0.2) is 0 Å². The molecule has 0 unspecified atom stereocenters. The molecule has 2 aromatic rings. The summed E-state index contributed by atoms with van der Waals surface area (Å²) in [6.45, 7) is 1.84. The van der Waals surface area contributed by atoms with Gasteiger partial charge in [0.25, 0.3) is 0 Å². The van der Waals surface area contributed by atoms with E-state index in [4.69, 9.17) is 9.15 Å². The van der Waals surface area contributed by atoms with Crippen LogP contribution in [0.4, 0.5) is 5.88 Å². The Kier molecular flexibility index (Phi) is 5.14. The molecule has 6 nitrogen and oxygen atoms in total. The number of hydrogen-bond acceptors (Lipinski definition) is 5. The zero-order valence-corrected chi connectivity index (χ0v) is 11.0. The van der Waals surface area contributed by atoms with Crippen molar-refractivity contribution in [3.8, 4) is 5.75 Å². The Morgan fingerprint density at radius 2 is 2.00 bits per heavy atom. The number of furan rings is 1. The Balaban J connectivity index is 1.58. The molecule has 0 aliphatic heterocycles. The number of ether oxygens (including phenoxy) is 1. The Hall–Kier alpha value is -2.34. The molecular formula is C14H16N2O4. The minimum absolute atomic E-state index is 0.228. The van der Waals surface area contributed by atoms with E-state index in [-0.39, 0.29) is 5.88 Å². The van der Waals surface area contributed by atoms with E-state index < -0.39 is 4.92 Å². The first-order valence-electron chi connectivity index (χ1n) is 6.37. The van der Waals surface area contributed by atoms with E-state index in [0.29, 0.717) is 18.9 Å². The van der Waals surface area contributed by atoms with Crippen molar-refractivity contribution in [2.45, 2.75) is 13.0 Å². The van der Waals surface area contributed by atoms with Gasteiger partial charge in [0.05, 0.1) is 19.2 Å². The van der Waals surface area contributed by atoms with Gasteiger partial charge in [-0.3, -0.25) is 10.1 Å². The molecule has 6 heteroatoms. The molecule has 0 spiro atoms. The molecule has 0 fully saturated rings. The summed E-state index contributed by atoms with van der Waals surface area (Å²) in [5.41, 5.74) is 0. The maximum absolute atomic E-state index is 10.4. The number of hydrogen-bond donors (Lipinski definition) is 1. The van der Waals surface area contributed by atoms with Gasteiger partial charge >= 0.3 is 5.88 Å². The fourth-order valence-electron chi connectivity index (χ4n) is 1.68. The van der Waals surface area contributed by atoms with Crippen LogP contribution in [0.2, 0.25) is 0 Å². The van der Waals surface area contributed by atoms with Crippen molar-refractivity contribution >= 4 is 5.88 Å². The Morgan fingerprint density at radius 1 is 1.20 bits per heavy atom. The normalized spacial score (nSPS) is 10.4. The second kappa shape index (κ2) is 7.30. The minimum atomic E-state index is -0.544. The summed E-state index contributed by atoms with van der Waals surface area (Å²) in [5.74, 6) is 1.18. The number of para-hydroxylation sites is 1. The molecule has 0 saturated heterocycles. The molecule has 20 heavy (non-hydrogen) atoms. The van der Waals surface area contributed by atoms with Crippen molar-refractivity contribution in [2.75, 3.05) is 13.2 Å². The van der Waals surface area contributed by atoms with Gasteiger partial charge in [0, 0.05) is 0 Å². The quantitative estimate of drug-likeness (QED) is 0.455. The molecule has 0 aliphatic rings. The topological polar surface area (TPSA) is 77.5 Å². The SMILES string of the molecule is O=[N+]([O-])c1ccc(CNCCCOc2ccccc2)o1. The third-order valence-corrected chi connectivity index (χ3v) is 2.64. The molecule has 1 heterocycles. The zero-order valence-electron chi connectivity index (χ0n) is 11.0. The Labute approximate surface area is 116 Å². The molecule has 2 rings (SSSR count). The maximum Gasteiger partial charge on any atom is 0.433 e. The first kappa shape index (κ1) is 14.1. The summed E-state index contributed by atoms with van der Waals surface area (Å²) in [5, 5.41) is 13.6. The van der Waals surface area contributed by atoms with Crippen LogP contribution in [0.15, 0.2) is 46.9 Å². The van der Waals surface area contributed by atoms with Gasteiger partial charge in [-0.05, 0) is 31.2 Å². The molecule has 0 radical (unpaired) electrons. The van der Waals surface area contributed by atoms with Crippen LogP contribution in [0.1, 0.15) is 12.2 Å². The van der Waals surface area contributed by atoms with E-state index in [9.17, 15) is 10.1 Å². The highest BCUT2D eigenvalue weighted by Crippen LogP contribution is 2.15. The van der Waals surface area contributed by atoms with Crippen LogP contribution >= 0.6 is 0 Å². The van der Waals surface area contributed by atoms with Crippen LogP contribution < -0.4 is 10.1 Å². The highest BCUT2D eigenvalue weighted by atomic mass is 16.6. The summed E-state index contributed by atoms with van der Waals surface area (Å²) >= 11 is 0. The van der Waals surface area contributed by atoms with Crippen LogP contribution in [0.25, 0.3) is 0 Å². The third kappa shape index (κ3) is 4.40. The standard InChI is InChI=1S/C14H16N2O4/c17-16(18)14-8-7-13(20-14)11-15-9-4-10-19-12-5-2-1-3-6-12/h1-3,5-8,15H,4,9-11H2. The van der Waals surface area contributed by atoms with Gasteiger partial charge in [-0.1, -0.05) is 18.2 Å². The maximum atomic E-state index is 10.4. The van der Waals surface area contributed by atoms with Gasteiger partial charge in [0.2, 0.25) is 0 Å². The lowest BCUT2D eigenvalue weighted by Gasteiger charge is -2.06. The number of nitrogens with one attached hydrogen (secondary N) is 1. The fraction of sp³-hybridized carbons (Fsp3) is 0.286. The van der Waals surface area contributed by atoms with E-state index in [1.165, 1.54) is 6.07 Å². The number of nitro groups is 1. The van der Waals surface area contributed by atoms with Crippen molar-refractivity contribution in [3.63, 3.8) is 0 Å². The van der Waals surface area contributed by atoms with Crippen molar-refractivity contribution in [1.29, 1.82) is 0 Å². The lowest BCUT2D eigenvalue weighted by Crippen LogP contribution is -2.16. The van der Waals surface area contributed by atoms with Crippen LogP contribution in [0, 0.1) is 10.1 Å². The minimum Gasteiger partial charge on any atom is -0.494 e. The second-order valence-corrected chi connectivity index (χ2v) is 4.19. The summed E-state index contributed by atoms with van der Waals surface area (Å²) in [6.07, 6.45) is 0.845. The smallest absolute Gasteiger partial charge is 0.433 e. The van der Waals surface area contributed by atoms with E-state index in [0.717, 1.165) is 18.7 Å². The predicted molar refractivity (Wildman–Crippen MR) is 73.6 cm³/mol. The van der Waals surface area contributed by atoms with Crippen LogP contribution in [0.5, 0.6) is 5.75 Å². The van der Waals surface area contributed by atoms with E-state index in [2.05, 4.69) is 5.32 Å². The molecule has 0 saturated carbocycles. The van der Waals surface area contributed by atoms with Crippen molar-refractivity contribution in [3.05, 3.63) is 58.3 Å². The van der Waals surface area contributed by atoms with Crippen molar-refractivity contribution in [2.24, 2.45) is 0 Å². The first-order chi connectivity index (χ1) is 9.75. The molecule has 1 aromatic carbocycles. The number of benzene rings is 1. The third-order valence-electron chi connectivity index (χ3n) is 2.64. The largest absolute Gasteiger partial charge is 0.494 e. The Bertz CT molecular complexity index is 539. The molecule has 106 valence electrons. The van der Waals surface area contributed by atoms with E-state index in [1.807, 2.05) is 30.3 Å². The molecule has 1 N–H and O–H groups in total. The average Bonchev–Trinajstić information content (AvgIpc) is 2.93. The lowest BCUT2D eigenvalue weighted by molar-refractivity contribution is -0.402. The van der Waals surface area contributed by atoms with Crippen molar-refractivity contribution in [1.82, 2.24) is 5.32 Å². The lowest BCUT2D eigenvalue weighted by atomic mass is 10.3. The summed E-state index contributed by atoms with van der Waals surface area (Å²) < 4.78 is 10.6. The second-order valence-electron chi connectivity index (χ2n) is 4.19. The molecule has 0 aliphatic carbocycles. The van der Waals surface area contributed by atoms with Crippen LogP contribution in [0.3, 0.4) is 0 Å². The monoisotopic (exact) mass is 276 g/mol. The van der Waals surface area contributed by atoms with Gasteiger partial charge in [0.15, 0.2) is 0 Å². The molecule has 0 amide bonds. The highest BCUT2D eigenvalue weighted by molar-refractivity contribution is 5.20. The van der Waals surface area contributed by atoms with E-state index in [1.54, 1.807) is 6.07 Å². The highest BCUT2D eigenvalue weighted by Gasteiger charge is 2.10. The summed E-state index contributed by atoms with van der Waals surface area (Å²) in [4.78, 5) is 9.89. The summed E-state index contributed by atoms with van der Waals surface area (Å²) in [6, 6.07) is 12.6. The molecule has 0 bridgehead atoms. The summed E-state index contributed by atoms with van der Waals surface area (Å²) in [7, 11) is 0. The van der Waals surface area contributed by atoms with E-state index >= 15 is 0 Å². The van der Waals surface area contributed by atoms with Crippen molar-refractivity contribution < 1.29 is 14.1 Å². The molecule has 0 atom stereocenters. The fourth-order valence-corrected chi connectivity index (χ4v) is 1.68. The predicted octanol–water partition coefficient (Wildman–Crippen LogP) is 2.75. The number of nitrogens with zero attached hydrogens (tertiary/aromatic N) is 1. The van der Waals surface area contributed by atoms with Crippen LogP contribution in [-0.2, 0) is 6.54 Å². The molecular weight excluding hydrogens is 260 g/mol.